The first-order chi connectivity index (χ1) is 20.8. The second kappa shape index (κ2) is 9.94. The highest BCUT2D eigenvalue weighted by Crippen LogP contribution is 2.32. The Morgan fingerprint density at radius 2 is 1.10 bits per heavy atom. The second-order valence-corrected chi connectivity index (χ2v) is 10.0. The number of nitrogens with zero attached hydrogens (tertiary/aromatic N) is 6. The number of pyridine rings is 4. The molecule has 0 aliphatic heterocycles. The molecule has 0 saturated carbocycles. The van der Waals surface area contributed by atoms with Gasteiger partial charge in [0.1, 0.15) is 11.4 Å². The molecular weight excluding hydrogens is 516 g/mol. The van der Waals surface area contributed by atoms with Crippen LogP contribution < -0.4 is 0 Å². The Kier molecular flexibility index (Phi) is 5.67. The van der Waals surface area contributed by atoms with Crippen molar-refractivity contribution in [3.63, 3.8) is 0 Å². The van der Waals surface area contributed by atoms with Gasteiger partial charge in [0.05, 0.1) is 27.9 Å². The summed E-state index contributed by atoms with van der Waals surface area (Å²) in [6.45, 7) is 0. The zero-order valence-electron chi connectivity index (χ0n) is 22.4. The number of hydrogen-bond acceptors (Lipinski definition) is 6. The van der Waals surface area contributed by atoms with E-state index in [4.69, 9.17) is 15.0 Å². The van der Waals surface area contributed by atoms with E-state index in [1.807, 2.05) is 48.7 Å². The van der Waals surface area contributed by atoms with Crippen LogP contribution in [0.5, 0.6) is 0 Å². The molecule has 5 heterocycles. The summed E-state index contributed by atoms with van der Waals surface area (Å²) in [7, 11) is 0. The Morgan fingerprint density at radius 1 is 0.405 bits per heavy atom. The minimum absolute atomic E-state index is 0.570. The lowest BCUT2D eigenvalue weighted by Gasteiger charge is -2.11. The minimum Gasteiger partial charge on any atom is -0.255 e. The van der Waals surface area contributed by atoms with Crippen molar-refractivity contribution in [2.75, 3.05) is 0 Å². The Morgan fingerprint density at radius 3 is 1.88 bits per heavy atom. The maximum Gasteiger partial charge on any atom is 0.179 e. The molecule has 0 atom stereocenters. The van der Waals surface area contributed by atoms with E-state index in [9.17, 15) is 0 Å². The smallest absolute Gasteiger partial charge is 0.179 e. The van der Waals surface area contributed by atoms with Crippen LogP contribution in [-0.4, -0.2) is 29.9 Å². The van der Waals surface area contributed by atoms with Gasteiger partial charge in [0.15, 0.2) is 5.82 Å². The molecule has 3 aromatic carbocycles. The van der Waals surface area contributed by atoms with E-state index in [2.05, 4.69) is 87.7 Å². The molecule has 8 rings (SSSR count). The summed E-state index contributed by atoms with van der Waals surface area (Å²) in [4.78, 5) is 28.5. The number of rotatable bonds is 4. The van der Waals surface area contributed by atoms with E-state index in [-0.39, 0.29) is 0 Å². The van der Waals surface area contributed by atoms with Crippen molar-refractivity contribution < 1.29 is 0 Å². The molecule has 8 aromatic rings. The standard InChI is InChI=1S/C36H22N6/c1-3-19-37-30(7-1)35-28-17-15-27(22-32(28)41-36(42-35)31-8-2-4-20-38-31)23-9-11-24(12-10-23)29-18-16-26-14-13-25-6-5-21-39-33(25)34(26)40-29/h1-22H. The SMILES string of the molecule is c1ccc(-c2nc(-c3ccccn3)c3ccc(-c4ccc(-c5ccc6ccc7cccnc7c6n5)cc4)cc3n2)nc1. The quantitative estimate of drug-likeness (QED) is 0.210. The van der Waals surface area contributed by atoms with E-state index < -0.39 is 0 Å². The summed E-state index contributed by atoms with van der Waals surface area (Å²) in [5.41, 5.74) is 9.08. The largest absolute Gasteiger partial charge is 0.255 e. The first-order valence-electron chi connectivity index (χ1n) is 13.7. The summed E-state index contributed by atoms with van der Waals surface area (Å²) in [6.07, 6.45) is 5.35. The number of hydrogen-bond donors (Lipinski definition) is 0. The molecular formula is C36H22N6. The van der Waals surface area contributed by atoms with Crippen molar-refractivity contribution in [2.45, 2.75) is 0 Å². The van der Waals surface area contributed by atoms with E-state index in [1.165, 1.54) is 0 Å². The number of fused-ring (bicyclic) bond motifs is 4. The first-order valence-corrected chi connectivity index (χ1v) is 13.7. The molecule has 0 aliphatic carbocycles. The molecule has 42 heavy (non-hydrogen) atoms. The highest BCUT2D eigenvalue weighted by molar-refractivity contribution is 6.03. The van der Waals surface area contributed by atoms with Crippen molar-refractivity contribution in [2.24, 2.45) is 0 Å². The van der Waals surface area contributed by atoms with E-state index in [1.54, 1.807) is 12.4 Å². The molecule has 0 bridgehead atoms. The topological polar surface area (TPSA) is 77.3 Å². The highest BCUT2D eigenvalue weighted by atomic mass is 14.9. The van der Waals surface area contributed by atoms with Gasteiger partial charge < -0.3 is 0 Å². The third-order valence-corrected chi connectivity index (χ3v) is 7.44. The van der Waals surface area contributed by atoms with Gasteiger partial charge in [-0.1, -0.05) is 66.7 Å². The lowest BCUT2D eigenvalue weighted by molar-refractivity contribution is 1.16. The zero-order chi connectivity index (χ0) is 27.9. The predicted octanol–water partition coefficient (Wildman–Crippen LogP) is 8.18. The molecule has 0 saturated heterocycles. The average Bonchev–Trinajstić information content (AvgIpc) is 3.08. The molecule has 0 spiro atoms. The maximum atomic E-state index is 5.00. The third-order valence-electron chi connectivity index (χ3n) is 7.44. The molecule has 6 heteroatoms. The summed E-state index contributed by atoms with van der Waals surface area (Å²) in [5, 5.41) is 3.10. The van der Waals surface area contributed by atoms with E-state index in [0.717, 1.165) is 72.2 Å². The van der Waals surface area contributed by atoms with Gasteiger partial charge >= 0.3 is 0 Å². The molecule has 0 aliphatic rings. The molecule has 5 aromatic heterocycles. The van der Waals surface area contributed by atoms with Crippen LogP contribution >= 0.6 is 0 Å². The molecule has 0 amide bonds. The third kappa shape index (κ3) is 4.22. The summed E-state index contributed by atoms with van der Waals surface area (Å²) in [6, 6.07) is 38.8. The van der Waals surface area contributed by atoms with Crippen LogP contribution in [0.2, 0.25) is 0 Å². The van der Waals surface area contributed by atoms with Gasteiger partial charge in [-0.05, 0) is 59.7 Å². The summed E-state index contributed by atoms with van der Waals surface area (Å²) in [5.74, 6) is 0.570. The number of benzene rings is 3. The van der Waals surface area contributed by atoms with Crippen molar-refractivity contribution in [1.82, 2.24) is 29.9 Å². The van der Waals surface area contributed by atoms with Crippen LogP contribution in [-0.2, 0) is 0 Å². The normalized spacial score (nSPS) is 11.3. The second-order valence-electron chi connectivity index (χ2n) is 10.0. The van der Waals surface area contributed by atoms with Crippen molar-refractivity contribution >= 4 is 32.7 Å². The van der Waals surface area contributed by atoms with Crippen LogP contribution in [0.3, 0.4) is 0 Å². The van der Waals surface area contributed by atoms with Gasteiger partial charge in [0.2, 0.25) is 0 Å². The highest BCUT2D eigenvalue weighted by Gasteiger charge is 2.14. The van der Waals surface area contributed by atoms with Crippen LogP contribution in [0.15, 0.2) is 134 Å². The van der Waals surface area contributed by atoms with Gasteiger partial charge in [-0.25, -0.2) is 15.0 Å². The van der Waals surface area contributed by atoms with Crippen molar-refractivity contribution in [3.05, 3.63) is 134 Å². The predicted molar refractivity (Wildman–Crippen MR) is 167 cm³/mol. The lowest BCUT2D eigenvalue weighted by Crippen LogP contribution is -1.97. The molecule has 196 valence electrons. The Bertz CT molecular complexity index is 2230. The molecule has 0 fully saturated rings. The Hall–Kier alpha value is -5.88. The van der Waals surface area contributed by atoms with Gasteiger partial charge in [0, 0.05) is 40.3 Å². The Balaban J connectivity index is 1.20. The fraction of sp³-hybridized carbons (Fsp3) is 0. The molecule has 0 N–H and O–H groups in total. The molecule has 0 radical (unpaired) electrons. The lowest BCUT2D eigenvalue weighted by atomic mass is 10.00. The first kappa shape index (κ1) is 24.0. The summed E-state index contributed by atoms with van der Waals surface area (Å²) < 4.78 is 0. The van der Waals surface area contributed by atoms with E-state index >= 15 is 0 Å². The number of aromatic nitrogens is 6. The maximum absolute atomic E-state index is 5.00. The van der Waals surface area contributed by atoms with E-state index in [0.29, 0.717) is 5.82 Å². The van der Waals surface area contributed by atoms with Crippen molar-refractivity contribution in [3.8, 4) is 45.3 Å². The van der Waals surface area contributed by atoms with Crippen LogP contribution in [0.25, 0.3) is 78.0 Å². The summed E-state index contributed by atoms with van der Waals surface area (Å²) >= 11 is 0. The van der Waals surface area contributed by atoms with Crippen LogP contribution in [0.4, 0.5) is 0 Å². The van der Waals surface area contributed by atoms with Crippen LogP contribution in [0.1, 0.15) is 0 Å². The fourth-order valence-corrected chi connectivity index (χ4v) is 5.33. The average molecular weight is 539 g/mol. The zero-order valence-corrected chi connectivity index (χ0v) is 22.4. The monoisotopic (exact) mass is 538 g/mol. The minimum atomic E-state index is 0.570. The molecule has 0 unspecified atom stereocenters. The fourth-order valence-electron chi connectivity index (χ4n) is 5.33. The Labute approximate surface area is 241 Å². The molecule has 6 nitrogen and oxygen atoms in total. The van der Waals surface area contributed by atoms with Gasteiger partial charge in [0.25, 0.3) is 0 Å². The van der Waals surface area contributed by atoms with Crippen molar-refractivity contribution in [1.29, 1.82) is 0 Å². The van der Waals surface area contributed by atoms with Gasteiger partial charge in [-0.2, -0.15) is 0 Å². The van der Waals surface area contributed by atoms with Gasteiger partial charge in [-0.3, -0.25) is 15.0 Å². The van der Waals surface area contributed by atoms with Gasteiger partial charge in [-0.15, -0.1) is 0 Å². The van der Waals surface area contributed by atoms with Crippen LogP contribution in [0, 0.1) is 0 Å².